The molecule has 3 aromatic rings. The molecule has 3 amide bonds. The fraction of sp³-hybridized carbons (Fsp3) is 0.200. The van der Waals surface area contributed by atoms with Gasteiger partial charge in [-0.25, -0.2) is 4.79 Å². The summed E-state index contributed by atoms with van der Waals surface area (Å²) >= 11 is 1.10. The summed E-state index contributed by atoms with van der Waals surface area (Å²) in [5, 5.41) is 12.6. The van der Waals surface area contributed by atoms with E-state index < -0.39 is 17.2 Å². The highest BCUT2D eigenvalue weighted by molar-refractivity contribution is 8.00. The van der Waals surface area contributed by atoms with Gasteiger partial charge in [0.1, 0.15) is 0 Å². The van der Waals surface area contributed by atoms with Crippen LogP contribution in [0.1, 0.15) is 18.1 Å². The maximum Gasteiger partial charge on any atom is 0.321 e. The Morgan fingerprint density at radius 3 is 2.64 bits per heavy atom. The summed E-state index contributed by atoms with van der Waals surface area (Å²) in [7, 11) is 0. The van der Waals surface area contributed by atoms with Crippen LogP contribution in [0, 0.1) is 6.92 Å². The summed E-state index contributed by atoms with van der Waals surface area (Å²) in [6.45, 7) is 3.98. The largest absolute Gasteiger partial charge is 0.411 e. The van der Waals surface area contributed by atoms with Crippen LogP contribution in [0.5, 0.6) is 0 Å². The number of nitrogens with zero attached hydrogens (tertiary/aromatic N) is 2. The average Bonchev–Trinajstić information content (AvgIpc) is 3.15. The SMILES string of the molecule is Cc1cccc(-c2nnc(S[C@H](C)C(=O)NC(=O)NCc3ccccc3)o2)c1. The lowest BCUT2D eigenvalue weighted by atomic mass is 10.1. The molecule has 1 heterocycles. The number of hydrogen-bond acceptors (Lipinski definition) is 6. The number of hydrogen-bond donors (Lipinski definition) is 2. The van der Waals surface area contributed by atoms with E-state index in [0.29, 0.717) is 12.4 Å². The van der Waals surface area contributed by atoms with Crippen LogP contribution in [-0.4, -0.2) is 27.4 Å². The van der Waals surface area contributed by atoms with Gasteiger partial charge < -0.3 is 9.73 Å². The molecule has 144 valence electrons. The summed E-state index contributed by atoms with van der Waals surface area (Å²) in [5.74, 6) is -0.0507. The van der Waals surface area contributed by atoms with E-state index in [2.05, 4.69) is 20.8 Å². The maximum absolute atomic E-state index is 12.2. The first-order valence-corrected chi connectivity index (χ1v) is 9.59. The molecule has 0 saturated carbocycles. The van der Waals surface area contributed by atoms with Gasteiger partial charge in [-0.15, -0.1) is 10.2 Å². The molecule has 8 heteroatoms. The molecule has 7 nitrogen and oxygen atoms in total. The van der Waals surface area contributed by atoms with Crippen molar-refractivity contribution in [2.75, 3.05) is 0 Å². The molecule has 0 spiro atoms. The van der Waals surface area contributed by atoms with Crippen LogP contribution in [0.4, 0.5) is 4.79 Å². The number of urea groups is 1. The summed E-state index contributed by atoms with van der Waals surface area (Å²) in [4.78, 5) is 24.1. The summed E-state index contributed by atoms with van der Waals surface area (Å²) in [6.07, 6.45) is 0. The Bertz CT molecular complexity index is 959. The Morgan fingerprint density at radius 1 is 1.11 bits per heavy atom. The van der Waals surface area contributed by atoms with Gasteiger partial charge in [0.25, 0.3) is 5.22 Å². The summed E-state index contributed by atoms with van der Waals surface area (Å²) in [5.41, 5.74) is 2.85. The van der Waals surface area contributed by atoms with Crippen molar-refractivity contribution < 1.29 is 14.0 Å². The minimum absolute atomic E-state index is 0.267. The first kappa shape index (κ1) is 19.6. The van der Waals surface area contributed by atoms with Crippen molar-refractivity contribution in [3.63, 3.8) is 0 Å². The van der Waals surface area contributed by atoms with Crippen LogP contribution >= 0.6 is 11.8 Å². The van der Waals surface area contributed by atoms with Crippen LogP contribution in [0.2, 0.25) is 0 Å². The lowest BCUT2D eigenvalue weighted by Crippen LogP contribution is -2.42. The van der Waals surface area contributed by atoms with E-state index in [4.69, 9.17) is 4.42 Å². The number of aromatic nitrogens is 2. The molecule has 28 heavy (non-hydrogen) atoms. The molecule has 0 radical (unpaired) electrons. The number of nitrogens with one attached hydrogen (secondary N) is 2. The van der Waals surface area contributed by atoms with Gasteiger partial charge in [-0.1, -0.05) is 59.8 Å². The predicted molar refractivity (Wildman–Crippen MR) is 107 cm³/mol. The molecule has 0 aliphatic rings. The monoisotopic (exact) mass is 396 g/mol. The number of thioether (sulfide) groups is 1. The number of carbonyl (C=O) groups excluding carboxylic acids is 2. The molecule has 0 fully saturated rings. The van der Waals surface area contributed by atoms with E-state index in [1.54, 1.807) is 6.92 Å². The zero-order valence-electron chi connectivity index (χ0n) is 15.5. The molecular formula is C20H20N4O3S. The van der Waals surface area contributed by atoms with Crippen LogP contribution in [-0.2, 0) is 11.3 Å². The Labute approximate surface area is 166 Å². The fourth-order valence-electron chi connectivity index (χ4n) is 2.39. The molecule has 1 aromatic heterocycles. The van der Waals surface area contributed by atoms with E-state index >= 15 is 0 Å². The average molecular weight is 396 g/mol. The second kappa shape index (κ2) is 9.18. The van der Waals surface area contributed by atoms with Crippen molar-refractivity contribution in [1.29, 1.82) is 0 Å². The number of rotatable bonds is 6. The zero-order chi connectivity index (χ0) is 19.9. The molecule has 0 aliphatic heterocycles. The molecule has 2 N–H and O–H groups in total. The van der Waals surface area contributed by atoms with Crippen LogP contribution in [0.3, 0.4) is 0 Å². The zero-order valence-corrected chi connectivity index (χ0v) is 16.3. The smallest absolute Gasteiger partial charge is 0.321 e. The molecule has 2 aromatic carbocycles. The van der Waals surface area contributed by atoms with Crippen LogP contribution in [0.25, 0.3) is 11.5 Å². The quantitative estimate of drug-likeness (QED) is 0.619. The van der Waals surface area contributed by atoms with Crippen molar-refractivity contribution >= 4 is 23.7 Å². The first-order valence-electron chi connectivity index (χ1n) is 8.71. The first-order chi connectivity index (χ1) is 13.5. The van der Waals surface area contributed by atoms with Gasteiger partial charge in [-0.3, -0.25) is 10.1 Å². The van der Waals surface area contributed by atoms with Gasteiger partial charge in [0.05, 0.1) is 5.25 Å². The third kappa shape index (κ3) is 5.43. The summed E-state index contributed by atoms with van der Waals surface area (Å²) < 4.78 is 5.62. The standard InChI is InChI=1S/C20H20N4O3S/c1-13-7-6-10-16(11-13)18-23-24-20(27-18)28-14(2)17(25)22-19(26)21-12-15-8-4-3-5-9-15/h3-11,14H,12H2,1-2H3,(H2,21,22,25,26)/t14-/m1/s1. The van der Waals surface area contributed by atoms with Crippen LogP contribution in [0.15, 0.2) is 64.2 Å². The Hall–Kier alpha value is -3.13. The van der Waals surface area contributed by atoms with Crippen molar-refractivity contribution in [3.05, 3.63) is 65.7 Å². The van der Waals surface area contributed by atoms with E-state index in [0.717, 1.165) is 28.5 Å². The molecule has 0 unspecified atom stereocenters. The number of amides is 3. The molecule has 0 bridgehead atoms. The topological polar surface area (TPSA) is 97.1 Å². The normalized spacial score (nSPS) is 11.6. The second-order valence-corrected chi connectivity index (χ2v) is 7.45. The van der Waals surface area contributed by atoms with Gasteiger partial charge in [-0.05, 0) is 31.5 Å². The fourth-order valence-corrected chi connectivity index (χ4v) is 3.08. The van der Waals surface area contributed by atoms with Crippen molar-refractivity contribution in [1.82, 2.24) is 20.8 Å². The van der Waals surface area contributed by atoms with E-state index in [1.807, 2.05) is 61.5 Å². The second-order valence-electron chi connectivity index (χ2n) is 6.16. The number of aryl methyl sites for hydroxylation is 1. The highest BCUT2D eigenvalue weighted by atomic mass is 32.2. The number of benzene rings is 2. The van der Waals surface area contributed by atoms with Crippen LogP contribution < -0.4 is 10.6 Å². The minimum Gasteiger partial charge on any atom is -0.411 e. The lowest BCUT2D eigenvalue weighted by molar-refractivity contribution is -0.119. The molecule has 0 aliphatic carbocycles. The van der Waals surface area contributed by atoms with Gasteiger partial charge in [-0.2, -0.15) is 0 Å². The van der Waals surface area contributed by atoms with Gasteiger partial charge in [0.15, 0.2) is 0 Å². The Balaban J connectivity index is 1.51. The molecular weight excluding hydrogens is 376 g/mol. The third-order valence-corrected chi connectivity index (χ3v) is 4.79. The highest BCUT2D eigenvalue weighted by Gasteiger charge is 2.20. The Kier molecular flexibility index (Phi) is 6.44. The van der Waals surface area contributed by atoms with E-state index in [1.165, 1.54) is 0 Å². The number of imide groups is 1. The molecule has 3 rings (SSSR count). The maximum atomic E-state index is 12.2. The predicted octanol–water partition coefficient (Wildman–Crippen LogP) is 3.55. The molecule has 1 atom stereocenters. The highest BCUT2D eigenvalue weighted by Crippen LogP contribution is 2.26. The lowest BCUT2D eigenvalue weighted by Gasteiger charge is -2.10. The van der Waals surface area contributed by atoms with E-state index in [9.17, 15) is 9.59 Å². The van der Waals surface area contributed by atoms with Crippen molar-refractivity contribution in [2.45, 2.75) is 30.9 Å². The molecule has 0 saturated heterocycles. The van der Waals surface area contributed by atoms with Crippen molar-refractivity contribution in [2.24, 2.45) is 0 Å². The van der Waals surface area contributed by atoms with E-state index in [-0.39, 0.29) is 5.22 Å². The van der Waals surface area contributed by atoms with Crippen molar-refractivity contribution in [3.8, 4) is 11.5 Å². The van der Waals surface area contributed by atoms with Gasteiger partial charge in [0.2, 0.25) is 11.8 Å². The summed E-state index contributed by atoms with van der Waals surface area (Å²) in [6, 6.07) is 16.6. The van der Waals surface area contributed by atoms with Gasteiger partial charge >= 0.3 is 6.03 Å². The van der Waals surface area contributed by atoms with Gasteiger partial charge in [0, 0.05) is 12.1 Å². The number of carbonyl (C=O) groups is 2. The Morgan fingerprint density at radius 2 is 1.89 bits per heavy atom. The minimum atomic E-state index is -0.576. The third-order valence-electron chi connectivity index (χ3n) is 3.85.